The fourth-order valence-corrected chi connectivity index (χ4v) is 2.36. The number of phenols is 1. The topological polar surface area (TPSA) is 49.3 Å². The van der Waals surface area contributed by atoms with Gasteiger partial charge in [-0.05, 0) is 58.6 Å². The summed E-state index contributed by atoms with van der Waals surface area (Å²) in [5.74, 6) is 0.208. The number of carbonyl (C=O) groups excluding carboxylic acids is 1. The molecule has 0 atom stereocenters. The number of carbonyl (C=O) groups is 1. The average molecular weight is 334 g/mol. The highest BCUT2D eigenvalue weighted by Crippen LogP contribution is 2.15. The molecule has 3 nitrogen and oxygen atoms in total. The van der Waals surface area contributed by atoms with Gasteiger partial charge in [-0.1, -0.05) is 24.3 Å². The van der Waals surface area contributed by atoms with E-state index < -0.39 is 0 Å². The Morgan fingerprint density at radius 2 is 1.80 bits per heavy atom. The molecule has 2 N–H and O–H groups in total. The Balaban J connectivity index is 1.77. The summed E-state index contributed by atoms with van der Waals surface area (Å²) >= 11 is 3.36. The molecule has 2 aromatic carbocycles. The normalized spacial score (nSPS) is 10.2. The third kappa shape index (κ3) is 4.10. The molecule has 0 aliphatic carbocycles. The van der Waals surface area contributed by atoms with E-state index in [1.165, 1.54) is 0 Å². The molecule has 0 aromatic heterocycles. The first-order valence-corrected chi connectivity index (χ1v) is 7.27. The zero-order chi connectivity index (χ0) is 14.4. The molecule has 20 heavy (non-hydrogen) atoms. The average Bonchev–Trinajstić information content (AvgIpc) is 2.46. The van der Waals surface area contributed by atoms with E-state index in [1.54, 1.807) is 18.2 Å². The van der Waals surface area contributed by atoms with Gasteiger partial charge in [-0.15, -0.1) is 0 Å². The first-order chi connectivity index (χ1) is 9.66. The number of benzene rings is 2. The highest BCUT2D eigenvalue weighted by molar-refractivity contribution is 9.10. The van der Waals surface area contributed by atoms with Gasteiger partial charge >= 0.3 is 0 Å². The van der Waals surface area contributed by atoms with E-state index in [0.29, 0.717) is 12.1 Å². The molecule has 2 rings (SSSR count). The van der Waals surface area contributed by atoms with Crippen LogP contribution in [0.3, 0.4) is 0 Å². The maximum Gasteiger partial charge on any atom is 0.252 e. The quantitative estimate of drug-likeness (QED) is 0.822. The number of aryl methyl sites for hydroxylation is 1. The van der Waals surface area contributed by atoms with Crippen LogP contribution in [0.1, 0.15) is 22.3 Å². The van der Waals surface area contributed by atoms with Gasteiger partial charge in [-0.25, -0.2) is 0 Å². The highest BCUT2D eigenvalue weighted by Gasteiger charge is 2.07. The minimum absolute atomic E-state index is 0.0665. The lowest BCUT2D eigenvalue weighted by atomic mass is 10.1. The largest absolute Gasteiger partial charge is 0.508 e. The molecule has 0 radical (unpaired) electrons. The van der Waals surface area contributed by atoms with E-state index in [4.69, 9.17) is 0 Å². The van der Waals surface area contributed by atoms with E-state index in [2.05, 4.69) is 21.2 Å². The van der Waals surface area contributed by atoms with Gasteiger partial charge in [0.2, 0.25) is 0 Å². The van der Waals surface area contributed by atoms with E-state index in [0.717, 1.165) is 22.9 Å². The molecule has 0 aliphatic heterocycles. The predicted molar refractivity (Wildman–Crippen MR) is 82.9 cm³/mol. The summed E-state index contributed by atoms with van der Waals surface area (Å²) in [6.45, 7) is 0.626. The number of amides is 1. The summed E-state index contributed by atoms with van der Waals surface area (Å²) in [5.41, 5.74) is 1.80. The third-order valence-electron chi connectivity index (χ3n) is 2.98. The lowest BCUT2D eigenvalue weighted by Gasteiger charge is -2.07. The summed E-state index contributed by atoms with van der Waals surface area (Å²) in [6.07, 6.45) is 1.73. The smallest absolute Gasteiger partial charge is 0.252 e. The molecule has 104 valence electrons. The van der Waals surface area contributed by atoms with Crippen LogP contribution in [0.4, 0.5) is 0 Å². The molecule has 4 heteroatoms. The molecule has 0 saturated heterocycles. The minimum atomic E-state index is -0.0665. The van der Waals surface area contributed by atoms with Crippen molar-refractivity contribution in [2.75, 3.05) is 6.54 Å². The molecule has 0 aliphatic rings. The molecule has 0 fully saturated rings. The Morgan fingerprint density at radius 1 is 1.10 bits per heavy atom. The van der Waals surface area contributed by atoms with Gasteiger partial charge in [0.25, 0.3) is 5.91 Å². The van der Waals surface area contributed by atoms with Crippen LogP contribution >= 0.6 is 15.9 Å². The zero-order valence-electron chi connectivity index (χ0n) is 11.0. The molecule has 1 amide bonds. The Labute approximate surface area is 126 Å². The predicted octanol–water partition coefficient (Wildman–Crippen LogP) is 3.52. The zero-order valence-corrected chi connectivity index (χ0v) is 12.6. The molecular weight excluding hydrogens is 318 g/mol. The standard InChI is InChI=1S/C16H16BrNO2/c17-15-6-2-1-5-14(15)16(20)18-11-3-4-12-7-9-13(19)10-8-12/h1-2,5-10,19H,3-4,11H2,(H,18,20). The minimum Gasteiger partial charge on any atom is -0.508 e. The van der Waals surface area contributed by atoms with Gasteiger partial charge in [0.15, 0.2) is 0 Å². The van der Waals surface area contributed by atoms with Crippen molar-refractivity contribution in [3.8, 4) is 5.75 Å². The molecule has 0 saturated carbocycles. The van der Waals surface area contributed by atoms with E-state index in [-0.39, 0.29) is 11.7 Å². The number of aromatic hydroxyl groups is 1. The number of phenolic OH excluding ortho intramolecular Hbond substituents is 1. The Kier molecular flexibility index (Phi) is 5.18. The number of rotatable bonds is 5. The second-order valence-corrected chi connectivity index (χ2v) is 5.36. The fraction of sp³-hybridized carbons (Fsp3) is 0.188. The molecule has 0 heterocycles. The van der Waals surface area contributed by atoms with Gasteiger partial charge in [0, 0.05) is 11.0 Å². The van der Waals surface area contributed by atoms with Crippen LogP contribution in [0.2, 0.25) is 0 Å². The summed E-state index contributed by atoms with van der Waals surface area (Å²) in [7, 11) is 0. The molecule has 0 bridgehead atoms. The maximum atomic E-state index is 11.9. The number of hydrogen-bond acceptors (Lipinski definition) is 2. The third-order valence-corrected chi connectivity index (χ3v) is 3.67. The van der Waals surface area contributed by atoms with Crippen molar-refractivity contribution in [2.24, 2.45) is 0 Å². The Hall–Kier alpha value is -1.81. The van der Waals surface area contributed by atoms with Crippen LogP contribution < -0.4 is 5.32 Å². The molecule has 0 spiro atoms. The van der Waals surface area contributed by atoms with Crippen molar-refractivity contribution in [1.82, 2.24) is 5.32 Å². The first kappa shape index (κ1) is 14.6. The fourth-order valence-electron chi connectivity index (χ4n) is 1.90. The second-order valence-electron chi connectivity index (χ2n) is 4.51. The van der Waals surface area contributed by atoms with Crippen LogP contribution in [-0.4, -0.2) is 17.6 Å². The van der Waals surface area contributed by atoms with E-state index in [9.17, 15) is 9.90 Å². The van der Waals surface area contributed by atoms with Crippen LogP contribution in [0, 0.1) is 0 Å². The maximum absolute atomic E-state index is 11.9. The van der Waals surface area contributed by atoms with E-state index in [1.807, 2.05) is 30.3 Å². The van der Waals surface area contributed by atoms with Gasteiger partial charge < -0.3 is 10.4 Å². The van der Waals surface area contributed by atoms with Crippen molar-refractivity contribution in [3.63, 3.8) is 0 Å². The molecular formula is C16H16BrNO2. The Morgan fingerprint density at radius 3 is 2.50 bits per heavy atom. The summed E-state index contributed by atoms with van der Waals surface area (Å²) in [5, 5.41) is 12.1. The van der Waals surface area contributed by atoms with Crippen LogP contribution in [-0.2, 0) is 6.42 Å². The van der Waals surface area contributed by atoms with Gasteiger partial charge in [0.1, 0.15) is 5.75 Å². The summed E-state index contributed by atoms with van der Waals surface area (Å²) in [4.78, 5) is 11.9. The molecule has 0 unspecified atom stereocenters. The monoisotopic (exact) mass is 333 g/mol. The van der Waals surface area contributed by atoms with Crippen molar-refractivity contribution in [3.05, 3.63) is 64.1 Å². The van der Waals surface area contributed by atoms with Gasteiger partial charge in [0.05, 0.1) is 5.56 Å². The highest BCUT2D eigenvalue weighted by atomic mass is 79.9. The second kappa shape index (κ2) is 7.10. The number of halogens is 1. The Bertz CT molecular complexity index is 581. The van der Waals surface area contributed by atoms with Crippen molar-refractivity contribution in [1.29, 1.82) is 0 Å². The number of hydrogen-bond donors (Lipinski definition) is 2. The lowest BCUT2D eigenvalue weighted by Crippen LogP contribution is -2.25. The van der Waals surface area contributed by atoms with Gasteiger partial charge in [-0.2, -0.15) is 0 Å². The molecule has 2 aromatic rings. The lowest BCUT2D eigenvalue weighted by molar-refractivity contribution is 0.0952. The SMILES string of the molecule is O=C(NCCCc1ccc(O)cc1)c1ccccc1Br. The van der Waals surface area contributed by atoms with E-state index >= 15 is 0 Å². The van der Waals surface area contributed by atoms with Crippen LogP contribution in [0.5, 0.6) is 5.75 Å². The number of nitrogens with one attached hydrogen (secondary N) is 1. The van der Waals surface area contributed by atoms with Crippen LogP contribution in [0.25, 0.3) is 0 Å². The van der Waals surface area contributed by atoms with Crippen molar-refractivity contribution < 1.29 is 9.90 Å². The van der Waals surface area contributed by atoms with Gasteiger partial charge in [-0.3, -0.25) is 4.79 Å². The van der Waals surface area contributed by atoms with Crippen molar-refractivity contribution in [2.45, 2.75) is 12.8 Å². The first-order valence-electron chi connectivity index (χ1n) is 6.47. The summed E-state index contributed by atoms with van der Waals surface area (Å²) < 4.78 is 0.802. The summed E-state index contributed by atoms with van der Waals surface area (Å²) in [6, 6.07) is 14.5. The van der Waals surface area contributed by atoms with Crippen molar-refractivity contribution >= 4 is 21.8 Å². The van der Waals surface area contributed by atoms with Crippen LogP contribution in [0.15, 0.2) is 53.0 Å².